The van der Waals surface area contributed by atoms with E-state index in [1.165, 1.54) is 0 Å². The first-order chi connectivity index (χ1) is 10.7. The third kappa shape index (κ3) is 3.83. The molecule has 2 amide bonds. The van der Waals surface area contributed by atoms with E-state index >= 15 is 0 Å². The Morgan fingerprint density at radius 3 is 2.48 bits per heavy atom. The van der Waals surface area contributed by atoms with Gasteiger partial charge in [0.2, 0.25) is 5.91 Å². The van der Waals surface area contributed by atoms with Crippen LogP contribution in [0.3, 0.4) is 0 Å². The maximum atomic E-state index is 12.3. The number of esters is 1. The van der Waals surface area contributed by atoms with E-state index < -0.39 is 29.7 Å². The maximum absolute atomic E-state index is 12.3. The summed E-state index contributed by atoms with van der Waals surface area (Å²) in [5, 5.41) is 0. The highest BCUT2D eigenvalue weighted by Crippen LogP contribution is 2.19. The zero-order valence-corrected chi connectivity index (χ0v) is 13.4. The van der Waals surface area contributed by atoms with Crippen molar-refractivity contribution in [3.8, 4) is 0 Å². The van der Waals surface area contributed by atoms with Crippen LogP contribution in [0.1, 0.15) is 36.7 Å². The number of amides is 2. The van der Waals surface area contributed by atoms with Gasteiger partial charge in [-0.25, -0.2) is 0 Å². The molecule has 0 unspecified atom stereocenters. The summed E-state index contributed by atoms with van der Waals surface area (Å²) in [5.41, 5.74) is 0.441. The average molecular weight is 317 g/mol. The average Bonchev–Trinajstić information content (AvgIpc) is 2.48. The molecule has 6 heteroatoms. The summed E-state index contributed by atoms with van der Waals surface area (Å²) >= 11 is 0. The fourth-order valence-electron chi connectivity index (χ4n) is 2.10. The molecule has 0 radical (unpaired) electrons. The fraction of sp³-hybridized carbons (Fsp3) is 0.412. The molecule has 0 saturated heterocycles. The van der Waals surface area contributed by atoms with E-state index in [1.54, 1.807) is 45.0 Å². The molecular weight excluding hydrogens is 298 g/mol. The zero-order valence-electron chi connectivity index (χ0n) is 13.4. The number of ether oxygens (including phenoxy) is 1. The number of imide groups is 1. The van der Waals surface area contributed by atoms with E-state index in [-0.39, 0.29) is 18.8 Å². The largest absolute Gasteiger partial charge is 0.456 e. The van der Waals surface area contributed by atoms with Crippen molar-refractivity contribution in [1.82, 2.24) is 4.90 Å². The second kappa shape index (κ2) is 6.32. The van der Waals surface area contributed by atoms with Crippen LogP contribution < -0.4 is 0 Å². The molecule has 1 aromatic carbocycles. The topological polar surface area (TPSA) is 80.8 Å². The maximum Gasteiger partial charge on any atom is 0.326 e. The van der Waals surface area contributed by atoms with Crippen LogP contribution in [0.2, 0.25) is 0 Å². The highest BCUT2D eigenvalue weighted by Gasteiger charge is 2.32. The van der Waals surface area contributed by atoms with Crippen LogP contribution in [0.15, 0.2) is 24.3 Å². The first-order valence-electron chi connectivity index (χ1n) is 7.31. The van der Waals surface area contributed by atoms with E-state index in [1.807, 2.05) is 0 Å². The molecule has 0 saturated carbocycles. The van der Waals surface area contributed by atoms with E-state index in [4.69, 9.17) is 4.74 Å². The SMILES string of the molecule is CC(C)(C)C(=O)COC(=O)CN1C(=O)Cc2ccccc2C1=O. The predicted octanol–water partition coefficient (Wildman–Crippen LogP) is 1.37. The van der Waals surface area contributed by atoms with Gasteiger partial charge in [-0.05, 0) is 11.6 Å². The van der Waals surface area contributed by atoms with Gasteiger partial charge in [0.15, 0.2) is 12.4 Å². The molecule has 122 valence electrons. The number of carbonyl (C=O) groups is 4. The molecule has 0 fully saturated rings. The lowest BCUT2D eigenvalue weighted by atomic mass is 9.91. The van der Waals surface area contributed by atoms with Crippen molar-refractivity contribution < 1.29 is 23.9 Å². The second-order valence-electron chi connectivity index (χ2n) is 6.45. The summed E-state index contributed by atoms with van der Waals surface area (Å²) in [7, 11) is 0. The minimum Gasteiger partial charge on any atom is -0.456 e. The number of benzene rings is 1. The summed E-state index contributed by atoms with van der Waals surface area (Å²) in [6, 6.07) is 6.78. The number of hydrogen-bond donors (Lipinski definition) is 0. The van der Waals surface area contributed by atoms with Crippen LogP contribution in [-0.2, 0) is 25.5 Å². The minimum absolute atomic E-state index is 0.0656. The highest BCUT2D eigenvalue weighted by atomic mass is 16.5. The quantitative estimate of drug-likeness (QED) is 0.619. The molecule has 2 rings (SSSR count). The number of rotatable bonds is 4. The molecule has 23 heavy (non-hydrogen) atoms. The zero-order chi connectivity index (χ0) is 17.2. The van der Waals surface area contributed by atoms with Crippen molar-refractivity contribution in [3.63, 3.8) is 0 Å². The first-order valence-corrected chi connectivity index (χ1v) is 7.31. The van der Waals surface area contributed by atoms with Gasteiger partial charge in [-0.15, -0.1) is 0 Å². The smallest absolute Gasteiger partial charge is 0.326 e. The van der Waals surface area contributed by atoms with Crippen molar-refractivity contribution in [2.75, 3.05) is 13.2 Å². The van der Waals surface area contributed by atoms with Gasteiger partial charge >= 0.3 is 5.97 Å². The fourth-order valence-corrected chi connectivity index (χ4v) is 2.10. The number of nitrogens with zero attached hydrogens (tertiary/aromatic N) is 1. The normalized spacial score (nSPS) is 14.5. The van der Waals surface area contributed by atoms with Crippen molar-refractivity contribution >= 4 is 23.6 Å². The summed E-state index contributed by atoms with van der Waals surface area (Å²) in [6.45, 7) is 4.31. The first kappa shape index (κ1) is 16.9. The standard InChI is InChI=1S/C17H19NO5/c1-17(2,3)13(19)10-23-15(21)9-18-14(20)8-11-6-4-5-7-12(11)16(18)22/h4-7H,8-10H2,1-3H3. The summed E-state index contributed by atoms with van der Waals surface area (Å²) in [4.78, 5) is 48.7. The Hall–Kier alpha value is -2.50. The molecule has 0 aromatic heterocycles. The van der Waals surface area contributed by atoms with Gasteiger partial charge in [0, 0.05) is 11.0 Å². The Balaban J connectivity index is 2.00. The van der Waals surface area contributed by atoms with Crippen molar-refractivity contribution in [3.05, 3.63) is 35.4 Å². The molecule has 1 heterocycles. The lowest BCUT2D eigenvalue weighted by Crippen LogP contribution is -2.45. The third-order valence-electron chi connectivity index (χ3n) is 3.62. The van der Waals surface area contributed by atoms with Gasteiger partial charge in [-0.3, -0.25) is 24.1 Å². The van der Waals surface area contributed by atoms with Crippen LogP contribution in [-0.4, -0.2) is 41.6 Å². The Labute approximate surface area is 134 Å². The van der Waals surface area contributed by atoms with Gasteiger partial charge in [-0.1, -0.05) is 39.0 Å². The summed E-state index contributed by atoms with van der Waals surface area (Å²) in [5.74, 6) is -1.97. The van der Waals surface area contributed by atoms with Crippen LogP contribution in [0.4, 0.5) is 0 Å². The van der Waals surface area contributed by atoms with Crippen LogP contribution >= 0.6 is 0 Å². The van der Waals surface area contributed by atoms with Gasteiger partial charge in [-0.2, -0.15) is 0 Å². The molecule has 1 aliphatic rings. The number of hydrogen-bond acceptors (Lipinski definition) is 5. The van der Waals surface area contributed by atoms with Gasteiger partial charge < -0.3 is 4.74 Å². The van der Waals surface area contributed by atoms with Gasteiger partial charge in [0.05, 0.1) is 6.42 Å². The van der Waals surface area contributed by atoms with E-state index in [0.717, 1.165) is 4.90 Å². The van der Waals surface area contributed by atoms with Crippen LogP contribution in [0, 0.1) is 5.41 Å². The molecule has 6 nitrogen and oxygen atoms in total. The van der Waals surface area contributed by atoms with Crippen molar-refractivity contribution in [1.29, 1.82) is 0 Å². The number of Topliss-reactive ketones (excluding diaryl/α,β-unsaturated/α-hetero) is 1. The monoisotopic (exact) mass is 317 g/mol. The lowest BCUT2D eigenvalue weighted by molar-refractivity contribution is -0.152. The minimum atomic E-state index is -0.774. The Kier molecular flexibility index (Phi) is 4.63. The molecule has 0 N–H and O–H groups in total. The highest BCUT2D eigenvalue weighted by molar-refractivity contribution is 6.11. The predicted molar refractivity (Wildman–Crippen MR) is 81.6 cm³/mol. The van der Waals surface area contributed by atoms with Gasteiger partial charge in [0.25, 0.3) is 5.91 Å². The van der Waals surface area contributed by atoms with E-state index in [9.17, 15) is 19.2 Å². The number of ketones is 1. The Bertz CT molecular complexity index is 672. The van der Waals surface area contributed by atoms with E-state index in [2.05, 4.69) is 0 Å². The molecular formula is C17H19NO5. The van der Waals surface area contributed by atoms with Crippen molar-refractivity contribution in [2.45, 2.75) is 27.2 Å². The van der Waals surface area contributed by atoms with Crippen LogP contribution in [0.25, 0.3) is 0 Å². The molecule has 0 bridgehead atoms. The lowest BCUT2D eigenvalue weighted by Gasteiger charge is -2.26. The Morgan fingerprint density at radius 1 is 1.17 bits per heavy atom. The summed E-state index contributed by atoms with van der Waals surface area (Å²) in [6.07, 6.45) is 0.0656. The van der Waals surface area contributed by atoms with Crippen LogP contribution in [0.5, 0.6) is 0 Å². The molecule has 0 atom stereocenters. The third-order valence-corrected chi connectivity index (χ3v) is 3.62. The molecule has 1 aromatic rings. The molecule has 1 aliphatic heterocycles. The number of fused-ring (bicyclic) bond motifs is 1. The molecule has 0 aliphatic carbocycles. The van der Waals surface area contributed by atoms with Crippen molar-refractivity contribution in [2.24, 2.45) is 5.41 Å². The van der Waals surface area contributed by atoms with E-state index in [0.29, 0.717) is 11.1 Å². The number of carbonyl (C=O) groups excluding carboxylic acids is 4. The second-order valence-corrected chi connectivity index (χ2v) is 6.45. The Morgan fingerprint density at radius 2 is 1.83 bits per heavy atom. The molecule has 0 spiro atoms. The summed E-state index contributed by atoms with van der Waals surface area (Å²) < 4.78 is 4.88. The van der Waals surface area contributed by atoms with Gasteiger partial charge in [0.1, 0.15) is 6.54 Å².